The van der Waals surface area contributed by atoms with Gasteiger partial charge in [0.15, 0.2) is 0 Å². The third-order valence-corrected chi connectivity index (χ3v) is 4.39. The van der Waals surface area contributed by atoms with Crippen molar-refractivity contribution in [2.45, 2.75) is 44.1 Å². The first-order valence-corrected chi connectivity index (χ1v) is 7.35. The first-order valence-electron chi connectivity index (χ1n) is 7.35. The molecule has 0 aromatic rings. The molecule has 2 fully saturated rings. The first kappa shape index (κ1) is 14.4. The number of amides is 1. The van der Waals surface area contributed by atoms with Gasteiger partial charge in [0.25, 0.3) is 0 Å². The van der Waals surface area contributed by atoms with Crippen LogP contribution in [0.1, 0.15) is 38.5 Å². The molecule has 1 aliphatic carbocycles. The minimum Gasteiger partial charge on any atom is -0.340 e. The van der Waals surface area contributed by atoms with Gasteiger partial charge in [0, 0.05) is 38.1 Å². The van der Waals surface area contributed by atoms with Gasteiger partial charge in [-0.3, -0.25) is 9.69 Å². The maximum absolute atomic E-state index is 12.3. The SMILES string of the molecule is C#CCN1CCN(C(=O)CC2(N)CCCCC2)CC1. The summed E-state index contributed by atoms with van der Waals surface area (Å²) in [6, 6.07) is 0. The quantitative estimate of drug-likeness (QED) is 0.767. The predicted molar refractivity (Wildman–Crippen MR) is 76.5 cm³/mol. The Morgan fingerprint density at radius 1 is 1.16 bits per heavy atom. The third-order valence-electron chi connectivity index (χ3n) is 4.39. The summed E-state index contributed by atoms with van der Waals surface area (Å²) < 4.78 is 0. The maximum Gasteiger partial charge on any atom is 0.224 e. The second kappa shape index (κ2) is 6.40. The lowest BCUT2D eigenvalue weighted by Gasteiger charge is -2.38. The molecular formula is C15H25N3O. The van der Waals surface area contributed by atoms with Gasteiger partial charge in [-0.25, -0.2) is 0 Å². The predicted octanol–water partition coefficient (Wildman–Crippen LogP) is 0.816. The summed E-state index contributed by atoms with van der Waals surface area (Å²) in [7, 11) is 0. The van der Waals surface area contributed by atoms with E-state index in [0.717, 1.165) is 39.0 Å². The lowest BCUT2D eigenvalue weighted by Crippen LogP contribution is -2.52. The van der Waals surface area contributed by atoms with Crippen LogP contribution >= 0.6 is 0 Å². The number of terminal acetylenes is 1. The Bertz CT molecular complexity index is 347. The minimum atomic E-state index is -0.245. The molecule has 1 heterocycles. The van der Waals surface area contributed by atoms with Crippen molar-refractivity contribution >= 4 is 5.91 Å². The van der Waals surface area contributed by atoms with Crippen LogP contribution in [0.2, 0.25) is 0 Å². The van der Waals surface area contributed by atoms with Crippen LogP contribution in [0.5, 0.6) is 0 Å². The van der Waals surface area contributed by atoms with Crippen LogP contribution in [0.25, 0.3) is 0 Å². The van der Waals surface area contributed by atoms with Crippen LogP contribution in [-0.2, 0) is 4.79 Å². The van der Waals surface area contributed by atoms with E-state index in [1.807, 2.05) is 4.90 Å². The molecule has 1 saturated heterocycles. The average molecular weight is 263 g/mol. The fraction of sp³-hybridized carbons (Fsp3) is 0.800. The molecule has 0 aromatic carbocycles. The van der Waals surface area contributed by atoms with Crippen LogP contribution in [-0.4, -0.2) is 54.0 Å². The molecule has 19 heavy (non-hydrogen) atoms. The number of piperazine rings is 1. The Balaban J connectivity index is 1.79. The Labute approximate surface area is 116 Å². The van der Waals surface area contributed by atoms with Crippen molar-refractivity contribution in [1.82, 2.24) is 9.80 Å². The number of rotatable bonds is 3. The van der Waals surface area contributed by atoms with Gasteiger partial charge in [-0.1, -0.05) is 25.2 Å². The van der Waals surface area contributed by atoms with E-state index in [4.69, 9.17) is 12.2 Å². The van der Waals surface area contributed by atoms with E-state index >= 15 is 0 Å². The van der Waals surface area contributed by atoms with E-state index in [1.54, 1.807) is 0 Å². The average Bonchev–Trinajstić information content (AvgIpc) is 2.40. The van der Waals surface area contributed by atoms with Gasteiger partial charge in [-0.05, 0) is 12.8 Å². The molecule has 106 valence electrons. The number of carbonyl (C=O) groups excluding carboxylic acids is 1. The fourth-order valence-electron chi connectivity index (χ4n) is 3.13. The van der Waals surface area contributed by atoms with Gasteiger partial charge in [0.2, 0.25) is 5.91 Å². The highest BCUT2D eigenvalue weighted by molar-refractivity contribution is 5.77. The van der Waals surface area contributed by atoms with Crippen molar-refractivity contribution in [3.63, 3.8) is 0 Å². The van der Waals surface area contributed by atoms with Gasteiger partial charge >= 0.3 is 0 Å². The molecule has 0 bridgehead atoms. The van der Waals surface area contributed by atoms with E-state index in [9.17, 15) is 4.79 Å². The van der Waals surface area contributed by atoms with Crippen molar-refractivity contribution in [3.8, 4) is 12.3 Å². The van der Waals surface area contributed by atoms with E-state index in [0.29, 0.717) is 13.0 Å². The van der Waals surface area contributed by atoms with Crippen molar-refractivity contribution in [2.75, 3.05) is 32.7 Å². The molecule has 0 unspecified atom stereocenters. The summed E-state index contributed by atoms with van der Waals surface area (Å²) in [5.41, 5.74) is 6.11. The summed E-state index contributed by atoms with van der Waals surface area (Å²) in [5, 5.41) is 0. The fourth-order valence-corrected chi connectivity index (χ4v) is 3.13. The third kappa shape index (κ3) is 3.95. The van der Waals surface area contributed by atoms with E-state index in [2.05, 4.69) is 10.8 Å². The van der Waals surface area contributed by atoms with Gasteiger partial charge in [-0.15, -0.1) is 6.42 Å². The van der Waals surface area contributed by atoms with E-state index in [-0.39, 0.29) is 11.4 Å². The number of nitrogens with two attached hydrogens (primary N) is 1. The van der Waals surface area contributed by atoms with Gasteiger partial charge in [0.1, 0.15) is 0 Å². The Hall–Kier alpha value is -1.05. The lowest BCUT2D eigenvalue weighted by molar-refractivity contribution is -0.134. The zero-order chi connectivity index (χ0) is 13.7. The number of hydrogen-bond acceptors (Lipinski definition) is 3. The zero-order valence-electron chi connectivity index (χ0n) is 11.7. The largest absolute Gasteiger partial charge is 0.340 e. The Kier molecular flexibility index (Phi) is 4.84. The smallest absolute Gasteiger partial charge is 0.224 e. The van der Waals surface area contributed by atoms with Crippen LogP contribution in [0, 0.1) is 12.3 Å². The standard InChI is InChI=1S/C15H25N3O/c1-2-8-17-9-11-18(12-10-17)14(19)13-15(16)6-4-3-5-7-15/h1H,3-13,16H2. The van der Waals surface area contributed by atoms with Crippen LogP contribution < -0.4 is 5.73 Å². The summed E-state index contributed by atoms with van der Waals surface area (Å²) >= 11 is 0. The Morgan fingerprint density at radius 2 is 1.79 bits per heavy atom. The molecule has 1 saturated carbocycles. The van der Waals surface area contributed by atoms with Crippen LogP contribution in [0.15, 0.2) is 0 Å². The second-order valence-electron chi connectivity index (χ2n) is 5.96. The minimum absolute atomic E-state index is 0.227. The monoisotopic (exact) mass is 263 g/mol. The van der Waals surface area contributed by atoms with E-state index in [1.165, 1.54) is 19.3 Å². The molecule has 0 atom stereocenters. The molecule has 4 heteroatoms. The van der Waals surface area contributed by atoms with Crippen LogP contribution in [0.3, 0.4) is 0 Å². The highest BCUT2D eigenvalue weighted by atomic mass is 16.2. The summed E-state index contributed by atoms with van der Waals surface area (Å²) in [6.07, 6.45) is 11.4. The molecular weight excluding hydrogens is 238 g/mol. The first-order chi connectivity index (χ1) is 9.13. The van der Waals surface area contributed by atoms with Gasteiger partial charge in [0.05, 0.1) is 6.54 Å². The zero-order valence-corrected chi connectivity index (χ0v) is 11.7. The molecule has 2 aliphatic rings. The molecule has 0 aromatic heterocycles. The Morgan fingerprint density at radius 3 is 2.37 bits per heavy atom. The van der Waals surface area contributed by atoms with E-state index < -0.39 is 0 Å². The number of carbonyl (C=O) groups is 1. The molecule has 1 amide bonds. The number of hydrogen-bond donors (Lipinski definition) is 1. The van der Waals surface area contributed by atoms with Crippen LogP contribution in [0.4, 0.5) is 0 Å². The highest BCUT2D eigenvalue weighted by Crippen LogP contribution is 2.29. The molecule has 2 rings (SSSR count). The summed E-state index contributed by atoms with van der Waals surface area (Å²) in [4.78, 5) is 16.5. The highest BCUT2D eigenvalue weighted by Gasteiger charge is 2.32. The molecule has 4 nitrogen and oxygen atoms in total. The lowest BCUT2D eigenvalue weighted by atomic mass is 9.80. The summed E-state index contributed by atoms with van der Waals surface area (Å²) in [6.45, 7) is 4.02. The van der Waals surface area contributed by atoms with Gasteiger partial charge in [-0.2, -0.15) is 0 Å². The van der Waals surface area contributed by atoms with Crippen molar-refractivity contribution < 1.29 is 4.79 Å². The topological polar surface area (TPSA) is 49.6 Å². The normalized spacial score (nSPS) is 23.9. The molecule has 2 N–H and O–H groups in total. The van der Waals surface area contributed by atoms with Crippen molar-refractivity contribution in [3.05, 3.63) is 0 Å². The van der Waals surface area contributed by atoms with Crippen molar-refractivity contribution in [2.24, 2.45) is 5.73 Å². The number of nitrogens with zero attached hydrogens (tertiary/aromatic N) is 2. The molecule has 0 radical (unpaired) electrons. The summed E-state index contributed by atoms with van der Waals surface area (Å²) in [5.74, 6) is 2.88. The maximum atomic E-state index is 12.3. The van der Waals surface area contributed by atoms with Gasteiger partial charge < -0.3 is 10.6 Å². The van der Waals surface area contributed by atoms with Crippen molar-refractivity contribution in [1.29, 1.82) is 0 Å². The molecule has 0 spiro atoms. The second-order valence-corrected chi connectivity index (χ2v) is 5.96. The molecule has 1 aliphatic heterocycles.